The van der Waals surface area contributed by atoms with Crippen molar-refractivity contribution in [3.8, 4) is 0 Å². The molecule has 0 saturated heterocycles. The monoisotopic (exact) mass is 201 g/mol. The Balaban J connectivity index is 2.51. The lowest BCUT2D eigenvalue weighted by Gasteiger charge is -2.12. The summed E-state index contributed by atoms with van der Waals surface area (Å²) in [5.41, 5.74) is 0.812. The Morgan fingerprint density at radius 2 is 2.21 bits per heavy atom. The highest BCUT2D eigenvalue weighted by Gasteiger charge is 2.10. The second-order valence-electron chi connectivity index (χ2n) is 3.19. The summed E-state index contributed by atoms with van der Waals surface area (Å²) in [6.07, 6.45) is -0.904. The highest BCUT2D eigenvalue weighted by Crippen LogP contribution is 2.08. The third-order valence-corrected chi connectivity index (χ3v) is 1.70. The predicted molar refractivity (Wildman–Crippen MR) is 50.5 cm³/mol. The number of halogens is 2. The SMILES string of the molecule is Cc1ccnc(NC(C)CC(F)F)n1. The summed E-state index contributed by atoms with van der Waals surface area (Å²) in [6, 6.07) is 1.43. The minimum atomic E-state index is -2.30. The molecule has 0 bridgehead atoms. The first-order valence-electron chi connectivity index (χ1n) is 4.42. The van der Waals surface area contributed by atoms with E-state index < -0.39 is 6.43 Å². The Morgan fingerprint density at radius 1 is 1.50 bits per heavy atom. The first-order valence-corrected chi connectivity index (χ1v) is 4.42. The van der Waals surface area contributed by atoms with E-state index in [1.54, 1.807) is 19.2 Å². The van der Waals surface area contributed by atoms with Crippen LogP contribution in [0.2, 0.25) is 0 Å². The molecule has 0 aliphatic carbocycles. The summed E-state index contributed by atoms with van der Waals surface area (Å²) >= 11 is 0. The minimum Gasteiger partial charge on any atom is -0.352 e. The van der Waals surface area contributed by atoms with E-state index >= 15 is 0 Å². The number of hydrogen-bond donors (Lipinski definition) is 1. The van der Waals surface area contributed by atoms with E-state index in [2.05, 4.69) is 15.3 Å². The third kappa shape index (κ3) is 3.64. The number of aromatic nitrogens is 2. The van der Waals surface area contributed by atoms with Crippen LogP contribution in [0.1, 0.15) is 19.0 Å². The second-order valence-corrected chi connectivity index (χ2v) is 3.19. The average molecular weight is 201 g/mol. The molecule has 0 radical (unpaired) electrons. The number of hydrogen-bond acceptors (Lipinski definition) is 3. The maximum absolute atomic E-state index is 12.0. The highest BCUT2D eigenvalue weighted by molar-refractivity contribution is 5.25. The van der Waals surface area contributed by atoms with Gasteiger partial charge in [-0.1, -0.05) is 0 Å². The largest absolute Gasteiger partial charge is 0.352 e. The van der Waals surface area contributed by atoms with E-state index in [0.717, 1.165) is 5.69 Å². The number of rotatable bonds is 4. The second kappa shape index (κ2) is 4.83. The van der Waals surface area contributed by atoms with Gasteiger partial charge in [0.1, 0.15) is 0 Å². The zero-order valence-electron chi connectivity index (χ0n) is 8.17. The summed E-state index contributed by atoms with van der Waals surface area (Å²) in [6.45, 7) is 3.50. The van der Waals surface area contributed by atoms with Gasteiger partial charge in [0, 0.05) is 24.4 Å². The van der Waals surface area contributed by atoms with Crippen molar-refractivity contribution >= 4 is 5.95 Å². The Bertz CT molecular complexity index is 291. The van der Waals surface area contributed by atoms with Crippen LogP contribution in [0.3, 0.4) is 0 Å². The van der Waals surface area contributed by atoms with Gasteiger partial charge in [0.25, 0.3) is 0 Å². The molecule has 1 unspecified atom stereocenters. The van der Waals surface area contributed by atoms with E-state index in [1.807, 2.05) is 6.92 Å². The van der Waals surface area contributed by atoms with E-state index in [4.69, 9.17) is 0 Å². The lowest BCUT2D eigenvalue weighted by molar-refractivity contribution is 0.133. The molecule has 5 heteroatoms. The zero-order chi connectivity index (χ0) is 10.6. The molecule has 1 rings (SSSR count). The molecule has 0 fully saturated rings. The van der Waals surface area contributed by atoms with Crippen LogP contribution in [-0.2, 0) is 0 Å². The van der Waals surface area contributed by atoms with Gasteiger partial charge in [0.2, 0.25) is 12.4 Å². The fourth-order valence-electron chi connectivity index (χ4n) is 1.07. The van der Waals surface area contributed by atoms with Gasteiger partial charge >= 0.3 is 0 Å². The van der Waals surface area contributed by atoms with Crippen LogP contribution in [0.5, 0.6) is 0 Å². The molecule has 1 N–H and O–H groups in total. The van der Waals surface area contributed by atoms with Gasteiger partial charge in [-0.25, -0.2) is 18.7 Å². The molecule has 0 aliphatic heterocycles. The molecule has 1 heterocycles. The molecule has 0 saturated carbocycles. The van der Waals surface area contributed by atoms with Crippen LogP contribution in [0.15, 0.2) is 12.3 Å². The first-order chi connectivity index (χ1) is 6.58. The summed E-state index contributed by atoms with van der Waals surface area (Å²) < 4.78 is 24.0. The molecule has 1 atom stereocenters. The van der Waals surface area contributed by atoms with Crippen molar-refractivity contribution in [1.82, 2.24) is 9.97 Å². The predicted octanol–water partition coefficient (Wildman–Crippen LogP) is 2.24. The maximum atomic E-state index is 12.0. The Morgan fingerprint density at radius 3 is 2.79 bits per heavy atom. The van der Waals surface area contributed by atoms with Crippen molar-refractivity contribution in [2.45, 2.75) is 32.7 Å². The molecule has 1 aromatic heterocycles. The van der Waals surface area contributed by atoms with Gasteiger partial charge in [-0.2, -0.15) is 0 Å². The summed E-state index contributed by atoms with van der Waals surface area (Å²) in [7, 11) is 0. The third-order valence-electron chi connectivity index (χ3n) is 1.70. The molecular formula is C9H13F2N3. The van der Waals surface area contributed by atoms with Gasteiger partial charge in [-0.05, 0) is 19.9 Å². The Hall–Kier alpha value is -1.26. The van der Waals surface area contributed by atoms with E-state index in [1.165, 1.54) is 0 Å². The smallest absolute Gasteiger partial charge is 0.240 e. The normalized spacial score (nSPS) is 12.9. The number of nitrogens with zero attached hydrogens (tertiary/aromatic N) is 2. The van der Waals surface area contributed by atoms with Crippen LogP contribution >= 0.6 is 0 Å². The minimum absolute atomic E-state index is 0.197. The molecule has 3 nitrogen and oxygen atoms in total. The van der Waals surface area contributed by atoms with Crippen molar-refractivity contribution in [3.63, 3.8) is 0 Å². The van der Waals surface area contributed by atoms with E-state index in [0.29, 0.717) is 5.95 Å². The number of aryl methyl sites for hydroxylation is 1. The van der Waals surface area contributed by atoms with Crippen molar-refractivity contribution in [1.29, 1.82) is 0 Å². The van der Waals surface area contributed by atoms with Gasteiger partial charge in [-0.15, -0.1) is 0 Å². The Labute approximate surface area is 81.6 Å². The van der Waals surface area contributed by atoms with Crippen LogP contribution in [0.25, 0.3) is 0 Å². The van der Waals surface area contributed by atoms with Crippen LogP contribution < -0.4 is 5.32 Å². The van der Waals surface area contributed by atoms with E-state index in [-0.39, 0.29) is 12.5 Å². The highest BCUT2D eigenvalue weighted by atomic mass is 19.3. The van der Waals surface area contributed by atoms with Gasteiger partial charge in [0.05, 0.1) is 0 Å². The van der Waals surface area contributed by atoms with Gasteiger partial charge in [-0.3, -0.25) is 0 Å². The molecule has 78 valence electrons. The average Bonchev–Trinajstić information content (AvgIpc) is 2.01. The molecule has 0 aliphatic rings. The Kier molecular flexibility index (Phi) is 3.73. The zero-order valence-corrected chi connectivity index (χ0v) is 8.17. The fraction of sp³-hybridized carbons (Fsp3) is 0.556. The van der Waals surface area contributed by atoms with Crippen LogP contribution in [-0.4, -0.2) is 22.4 Å². The molecule has 1 aromatic rings. The molecule has 0 aromatic carbocycles. The quantitative estimate of drug-likeness (QED) is 0.811. The van der Waals surface area contributed by atoms with Crippen molar-refractivity contribution in [2.24, 2.45) is 0 Å². The van der Waals surface area contributed by atoms with Crippen molar-refractivity contribution in [3.05, 3.63) is 18.0 Å². The summed E-state index contributed by atoms with van der Waals surface area (Å²) in [5.74, 6) is 0.401. The topological polar surface area (TPSA) is 37.8 Å². The first kappa shape index (κ1) is 10.8. The molecule has 0 amide bonds. The fourth-order valence-corrected chi connectivity index (χ4v) is 1.07. The molecule has 14 heavy (non-hydrogen) atoms. The number of anilines is 1. The summed E-state index contributed by atoms with van der Waals surface area (Å²) in [5, 5.41) is 2.81. The summed E-state index contributed by atoms with van der Waals surface area (Å²) in [4.78, 5) is 7.97. The molecule has 0 spiro atoms. The van der Waals surface area contributed by atoms with Crippen LogP contribution in [0, 0.1) is 6.92 Å². The number of alkyl halides is 2. The van der Waals surface area contributed by atoms with Crippen molar-refractivity contribution < 1.29 is 8.78 Å². The molecular weight excluding hydrogens is 188 g/mol. The maximum Gasteiger partial charge on any atom is 0.240 e. The van der Waals surface area contributed by atoms with E-state index in [9.17, 15) is 8.78 Å². The lowest BCUT2D eigenvalue weighted by atomic mass is 10.2. The standard InChI is InChI=1S/C9H13F2N3/c1-6-3-4-12-9(13-6)14-7(2)5-8(10)11/h3-4,7-8H,5H2,1-2H3,(H,12,13,14). The van der Waals surface area contributed by atoms with Gasteiger partial charge in [0.15, 0.2) is 0 Å². The van der Waals surface area contributed by atoms with Crippen LogP contribution in [0.4, 0.5) is 14.7 Å². The number of nitrogens with one attached hydrogen (secondary N) is 1. The van der Waals surface area contributed by atoms with Gasteiger partial charge < -0.3 is 5.32 Å². The van der Waals surface area contributed by atoms with Crippen molar-refractivity contribution in [2.75, 3.05) is 5.32 Å². The lowest BCUT2D eigenvalue weighted by Crippen LogP contribution is -2.20.